The fraction of sp³-hybridized carbons (Fsp3) is 0.286. The van der Waals surface area contributed by atoms with E-state index in [1.165, 1.54) is 0 Å². The van der Waals surface area contributed by atoms with E-state index in [4.69, 9.17) is 17.0 Å². The van der Waals surface area contributed by atoms with Crippen LogP contribution in [-0.2, 0) is 0 Å². The maximum Gasteiger partial charge on any atom is 0.257 e. The normalized spacial score (nSPS) is 10.2. The van der Waals surface area contributed by atoms with Crippen LogP contribution in [0.4, 0.5) is 5.69 Å². The van der Waals surface area contributed by atoms with Crippen molar-refractivity contribution in [1.82, 2.24) is 10.6 Å². The van der Waals surface area contributed by atoms with E-state index in [2.05, 4.69) is 31.9 Å². The molecule has 0 bridgehead atoms. The van der Waals surface area contributed by atoms with Gasteiger partial charge in [0, 0.05) is 23.4 Å². The highest BCUT2D eigenvalue weighted by Gasteiger charge is 2.12. The van der Waals surface area contributed by atoms with E-state index < -0.39 is 0 Å². The molecular formula is C21H24BrN3O3S. The molecule has 6 nitrogen and oxygen atoms in total. The third kappa shape index (κ3) is 7.14. The van der Waals surface area contributed by atoms with E-state index in [-0.39, 0.29) is 16.9 Å². The van der Waals surface area contributed by atoms with E-state index in [0.717, 1.165) is 12.8 Å². The second-order valence-corrected chi connectivity index (χ2v) is 7.50. The SMILES string of the molecule is CCCNC(=O)c1cccc(NC(=S)NC(=O)c2ccc(OCCC)c(Br)c2)c1. The number of hydrogen-bond donors (Lipinski definition) is 3. The van der Waals surface area contributed by atoms with Gasteiger partial charge in [-0.1, -0.05) is 19.9 Å². The number of thiocarbonyl (C=S) groups is 1. The van der Waals surface area contributed by atoms with Gasteiger partial charge >= 0.3 is 0 Å². The summed E-state index contributed by atoms with van der Waals surface area (Å²) in [5.74, 6) is 0.185. The Kier molecular flexibility index (Phi) is 9.08. The molecule has 2 aromatic rings. The first-order chi connectivity index (χ1) is 13.9. The summed E-state index contributed by atoms with van der Waals surface area (Å²) in [6.07, 6.45) is 1.76. The topological polar surface area (TPSA) is 79.5 Å². The van der Waals surface area contributed by atoms with Crippen LogP contribution in [0.2, 0.25) is 0 Å². The lowest BCUT2D eigenvalue weighted by atomic mass is 10.2. The molecule has 0 saturated carbocycles. The molecule has 0 saturated heterocycles. The summed E-state index contributed by atoms with van der Waals surface area (Å²) in [5.41, 5.74) is 1.57. The maximum atomic E-state index is 12.5. The Morgan fingerprint density at radius 1 is 1.03 bits per heavy atom. The van der Waals surface area contributed by atoms with Crippen molar-refractivity contribution < 1.29 is 14.3 Å². The van der Waals surface area contributed by atoms with E-state index in [0.29, 0.717) is 40.2 Å². The summed E-state index contributed by atoms with van der Waals surface area (Å²) in [5, 5.41) is 8.53. The number of amides is 2. The van der Waals surface area contributed by atoms with Crippen LogP contribution in [0.3, 0.4) is 0 Å². The van der Waals surface area contributed by atoms with E-state index in [1.807, 2.05) is 13.8 Å². The molecule has 2 aromatic carbocycles. The van der Waals surface area contributed by atoms with Crippen LogP contribution in [0.5, 0.6) is 5.75 Å². The summed E-state index contributed by atoms with van der Waals surface area (Å²) in [4.78, 5) is 24.5. The number of carbonyl (C=O) groups excluding carboxylic acids is 2. The van der Waals surface area contributed by atoms with Crippen molar-refractivity contribution in [1.29, 1.82) is 0 Å². The van der Waals surface area contributed by atoms with Gasteiger partial charge in [0.25, 0.3) is 11.8 Å². The maximum absolute atomic E-state index is 12.5. The second kappa shape index (κ2) is 11.5. The van der Waals surface area contributed by atoms with Crippen molar-refractivity contribution in [3.63, 3.8) is 0 Å². The van der Waals surface area contributed by atoms with Crippen LogP contribution >= 0.6 is 28.1 Å². The molecule has 0 aliphatic rings. The minimum absolute atomic E-state index is 0.142. The molecule has 0 aliphatic carbocycles. The number of hydrogen-bond acceptors (Lipinski definition) is 4. The number of benzene rings is 2. The van der Waals surface area contributed by atoms with Crippen molar-refractivity contribution in [2.24, 2.45) is 0 Å². The largest absolute Gasteiger partial charge is 0.492 e. The lowest BCUT2D eigenvalue weighted by Crippen LogP contribution is -2.34. The number of rotatable bonds is 8. The number of ether oxygens (including phenoxy) is 1. The van der Waals surface area contributed by atoms with Crippen LogP contribution in [0.15, 0.2) is 46.9 Å². The van der Waals surface area contributed by atoms with Crippen molar-refractivity contribution in [2.75, 3.05) is 18.5 Å². The molecule has 29 heavy (non-hydrogen) atoms. The Morgan fingerprint density at radius 3 is 2.48 bits per heavy atom. The van der Waals surface area contributed by atoms with Gasteiger partial charge in [0.15, 0.2) is 5.11 Å². The molecule has 0 aromatic heterocycles. The first-order valence-electron chi connectivity index (χ1n) is 9.37. The molecule has 2 rings (SSSR count). The van der Waals surface area contributed by atoms with Gasteiger partial charge in [-0.25, -0.2) is 0 Å². The predicted molar refractivity (Wildman–Crippen MR) is 123 cm³/mol. The minimum Gasteiger partial charge on any atom is -0.492 e. The van der Waals surface area contributed by atoms with Gasteiger partial charge in [-0.2, -0.15) is 0 Å². The number of nitrogens with one attached hydrogen (secondary N) is 3. The summed E-state index contributed by atoms with van der Waals surface area (Å²) in [7, 11) is 0. The molecule has 0 atom stereocenters. The van der Waals surface area contributed by atoms with E-state index >= 15 is 0 Å². The predicted octanol–water partition coefficient (Wildman–Crippen LogP) is 4.50. The van der Waals surface area contributed by atoms with Crippen molar-refractivity contribution >= 4 is 50.8 Å². The van der Waals surface area contributed by atoms with Gasteiger partial charge in [-0.05, 0) is 77.4 Å². The quantitative estimate of drug-likeness (QED) is 0.487. The summed E-state index contributed by atoms with van der Waals surface area (Å²) >= 11 is 8.64. The lowest BCUT2D eigenvalue weighted by Gasteiger charge is -2.12. The zero-order valence-corrected chi connectivity index (χ0v) is 18.8. The molecular weight excluding hydrogens is 454 g/mol. The lowest BCUT2D eigenvalue weighted by molar-refractivity contribution is 0.0951. The molecule has 0 heterocycles. The molecule has 8 heteroatoms. The molecule has 0 radical (unpaired) electrons. The van der Waals surface area contributed by atoms with Crippen LogP contribution in [0.25, 0.3) is 0 Å². The zero-order valence-electron chi connectivity index (χ0n) is 16.4. The number of halogens is 1. The summed E-state index contributed by atoms with van der Waals surface area (Å²) < 4.78 is 6.28. The van der Waals surface area contributed by atoms with Crippen molar-refractivity contribution in [3.8, 4) is 5.75 Å². The molecule has 0 unspecified atom stereocenters. The van der Waals surface area contributed by atoms with E-state index in [9.17, 15) is 9.59 Å². The van der Waals surface area contributed by atoms with Gasteiger partial charge in [0.2, 0.25) is 0 Å². The standard InChI is InChI=1S/C21H24BrN3O3S/c1-3-10-23-19(26)14-6-5-7-16(12-14)24-21(29)25-20(27)15-8-9-18(17(22)13-15)28-11-4-2/h5-9,12-13H,3-4,10-11H2,1-2H3,(H,23,26)(H2,24,25,27,29). The highest BCUT2D eigenvalue weighted by molar-refractivity contribution is 9.10. The van der Waals surface area contributed by atoms with Gasteiger partial charge in [0.05, 0.1) is 11.1 Å². The van der Waals surface area contributed by atoms with Gasteiger partial charge in [-0.15, -0.1) is 0 Å². The average Bonchev–Trinajstić information content (AvgIpc) is 2.71. The minimum atomic E-state index is -0.345. The Balaban J connectivity index is 1.97. The Labute approximate surface area is 184 Å². The highest BCUT2D eigenvalue weighted by atomic mass is 79.9. The molecule has 0 aliphatic heterocycles. The summed E-state index contributed by atoms with van der Waals surface area (Å²) in [6.45, 7) is 5.23. The molecule has 154 valence electrons. The average molecular weight is 478 g/mol. The second-order valence-electron chi connectivity index (χ2n) is 6.24. The Hall–Kier alpha value is -2.45. The highest BCUT2D eigenvalue weighted by Crippen LogP contribution is 2.26. The fourth-order valence-corrected chi connectivity index (χ4v) is 3.09. The monoisotopic (exact) mass is 477 g/mol. The van der Waals surface area contributed by atoms with Gasteiger partial charge in [0.1, 0.15) is 5.75 Å². The Morgan fingerprint density at radius 2 is 1.79 bits per heavy atom. The summed E-state index contributed by atoms with van der Waals surface area (Å²) in [6, 6.07) is 12.0. The van der Waals surface area contributed by atoms with E-state index in [1.54, 1.807) is 42.5 Å². The zero-order chi connectivity index (χ0) is 21.2. The molecule has 2 amide bonds. The van der Waals surface area contributed by atoms with Crippen LogP contribution in [-0.4, -0.2) is 30.1 Å². The Bertz CT molecular complexity index is 889. The molecule has 0 spiro atoms. The van der Waals surface area contributed by atoms with Crippen molar-refractivity contribution in [2.45, 2.75) is 26.7 Å². The van der Waals surface area contributed by atoms with Crippen molar-refractivity contribution in [3.05, 3.63) is 58.1 Å². The van der Waals surface area contributed by atoms with Crippen LogP contribution < -0.4 is 20.7 Å². The fourth-order valence-electron chi connectivity index (χ4n) is 2.39. The number of carbonyl (C=O) groups is 2. The molecule has 0 fully saturated rings. The first-order valence-corrected chi connectivity index (χ1v) is 10.6. The third-order valence-electron chi connectivity index (χ3n) is 3.80. The smallest absolute Gasteiger partial charge is 0.257 e. The first kappa shape index (κ1) is 22.8. The molecule has 3 N–H and O–H groups in total. The van der Waals surface area contributed by atoms with Crippen LogP contribution in [0, 0.1) is 0 Å². The third-order valence-corrected chi connectivity index (χ3v) is 4.62. The van der Waals surface area contributed by atoms with Crippen LogP contribution in [0.1, 0.15) is 47.4 Å². The number of anilines is 1. The van der Waals surface area contributed by atoms with Gasteiger partial charge in [-0.3, -0.25) is 14.9 Å². The van der Waals surface area contributed by atoms with Gasteiger partial charge < -0.3 is 15.4 Å².